The predicted octanol–water partition coefficient (Wildman–Crippen LogP) is 1.24. The minimum absolute atomic E-state index is 0.123. The number of halogens is 2. The van der Waals surface area contributed by atoms with E-state index in [0.717, 1.165) is 0 Å². The molecule has 0 bridgehead atoms. The Morgan fingerprint density at radius 2 is 2.30 bits per heavy atom. The molecule has 1 aromatic carbocycles. The first kappa shape index (κ1) is 13.9. The van der Waals surface area contributed by atoms with Crippen LogP contribution in [0.2, 0.25) is 0 Å². The molecule has 7 heteroatoms. The summed E-state index contributed by atoms with van der Waals surface area (Å²) in [5.74, 6) is -0.976. The van der Waals surface area contributed by atoms with E-state index in [2.05, 4.69) is 15.9 Å². The number of aliphatic hydroxyl groups excluding tert-OH is 1. The Morgan fingerprint density at radius 3 is 3.05 bits per heavy atom. The standard InChI is InChI=1S/C13H13BrFNO4/c14-9-3-1-2-7(11(9)15)4-16-12-8(6-19-13(12)18)10(5-17)20-16/h1-3,8,10,12,17H,4-6H2/t8?,10-,12?/m0/s1. The van der Waals surface area contributed by atoms with Crippen molar-refractivity contribution in [1.82, 2.24) is 5.06 Å². The van der Waals surface area contributed by atoms with E-state index in [4.69, 9.17) is 9.57 Å². The number of cyclic esters (lactones) is 1. The number of aliphatic hydroxyl groups is 1. The Labute approximate surface area is 123 Å². The fourth-order valence-corrected chi connectivity index (χ4v) is 3.04. The quantitative estimate of drug-likeness (QED) is 0.835. The second-order valence-corrected chi connectivity index (χ2v) is 5.71. The first-order valence-electron chi connectivity index (χ1n) is 6.25. The lowest BCUT2D eigenvalue weighted by Gasteiger charge is -2.20. The van der Waals surface area contributed by atoms with Crippen molar-refractivity contribution in [2.45, 2.75) is 18.7 Å². The number of carbonyl (C=O) groups is 1. The molecule has 20 heavy (non-hydrogen) atoms. The monoisotopic (exact) mass is 345 g/mol. The lowest BCUT2D eigenvalue weighted by molar-refractivity contribution is -0.193. The Morgan fingerprint density at radius 1 is 1.50 bits per heavy atom. The van der Waals surface area contributed by atoms with Gasteiger partial charge in [-0.05, 0) is 22.0 Å². The zero-order valence-electron chi connectivity index (χ0n) is 10.5. The average molecular weight is 346 g/mol. The Bertz CT molecular complexity index is 541. The van der Waals surface area contributed by atoms with E-state index >= 15 is 0 Å². The fraction of sp³-hybridized carbons (Fsp3) is 0.462. The molecule has 2 aliphatic heterocycles. The van der Waals surface area contributed by atoms with Crippen LogP contribution in [0.1, 0.15) is 5.56 Å². The molecule has 3 atom stereocenters. The molecule has 0 amide bonds. The smallest absolute Gasteiger partial charge is 0.326 e. The molecule has 0 radical (unpaired) electrons. The Hall–Kier alpha value is -1.02. The highest BCUT2D eigenvalue weighted by molar-refractivity contribution is 9.10. The van der Waals surface area contributed by atoms with Crippen LogP contribution in [-0.2, 0) is 20.9 Å². The van der Waals surface area contributed by atoms with E-state index in [1.54, 1.807) is 18.2 Å². The normalized spacial score (nSPS) is 29.6. The van der Waals surface area contributed by atoms with E-state index in [9.17, 15) is 14.3 Å². The second kappa shape index (κ2) is 5.40. The molecule has 2 heterocycles. The van der Waals surface area contributed by atoms with Gasteiger partial charge in [-0.1, -0.05) is 12.1 Å². The molecule has 2 fully saturated rings. The van der Waals surface area contributed by atoms with Crippen LogP contribution in [-0.4, -0.2) is 41.5 Å². The summed E-state index contributed by atoms with van der Waals surface area (Å²) in [6.45, 7) is 0.152. The first-order valence-corrected chi connectivity index (χ1v) is 7.05. The minimum atomic E-state index is -0.578. The number of hydrogen-bond acceptors (Lipinski definition) is 5. The summed E-state index contributed by atoms with van der Waals surface area (Å²) in [5.41, 5.74) is 0.413. The van der Waals surface area contributed by atoms with Crippen molar-refractivity contribution in [3.63, 3.8) is 0 Å². The molecule has 5 nitrogen and oxygen atoms in total. The molecule has 2 unspecified atom stereocenters. The van der Waals surface area contributed by atoms with Crippen LogP contribution in [0.3, 0.4) is 0 Å². The topological polar surface area (TPSA) is 59.0 Å². The van der Waals surface area contributed by atoms with E-state index in [1.165, 1.54) is 5.06 Å². The third-order valence-corrected chi connectivity index (χ3v) is 4.27. The van der Waals surface area contributed by atoms with Gasteiger partial charge in [-0.15, -0.1) is 0 Å². The van der Waals surface area contributed by atoms with Crippen LogP contribution < -0.4 is 0 Å². The molecule has 2 saturated heterocycles. The van der Waals surface area contributed by atoms with Gasteiger partial charge in [-0.25, -0.2) is 4.39 Å². The highest BCUT2D eigenvalue weighted by Crippen LogP contribution is 2.35. The third kappa shape index (κ3) is 2.24. The molecular formula is C13H13BrFNO4. The molecule has 1 aromatic rings. The van der Waals surface area contributed by atoms with Gasteiger partial charge >= 0.3 is 5.97 Å². The van der Waals surface area contributed by atoms with Crippen molar-refractivity contribution < 1.29 is 23.9 Å². The van der Waals surface area contributed by atoms with Gasteiger partial charge in [-0.2, -0.15) is 5.06 Å². The maximum atomic E-state index is 14.0. The van der Waals surface area contributed by atoms with Crippen LogP contribution in [0.15, 0.2) is 22.7 Å². The molecule has 0 aliphatic carbocycles. The molecule has 1 N–H and O–H groups in total. The van der Waals surface area contributed by atoms with Gasteiger partial charge in [0.15, 0.2) is 0 Å². The fourth-order valence-electron chi connectivity index (χ4n) is 2.63. The number of ether oxygens (including phenoxy) is 1. The maximum absolute atomic E-state index is 14.0. The number of rotatable bonds is 3. The van der Waals surface area contributed by atoms with Gasteiger partial charge in [-0.3, -0.25) is 9.63 Å². The number of fused-ring (bicyclic) bond motifs is 1. The van der Waals surface area contributed by atoms with Crippen LogP contribution in [0, 0.1) is 11.7 Å². The van der Waals surface area contributed by atoms with E-state index < -0.39 is 12.1 Å². The summed E-state index contributed by atoms with van der Waals surface area (Å²) >= 11 is 3.12. The second-order valence-electron chi connectivity index (χ2n) is 4.85. The number of hydroxylamine groups is 2. The average Bonchev–Trinajstić information content (AvgIpc) is 2.97. The minimum Gasteiger partial charge on any atom is -0.464 e. The van der Waals surface area contributed by atoms with Crippen molar-refractivity contribution in [2.24, 2.45) is 5.92 Å². The summed E-state index contributed by atoms with van der Waals surface area (Å²) in [5, 5.41) is 10.7. The van der Waals surface area contributed by atoms with Crippen LogP contribution >= 0.6 is 15.9 Å². The first-order chi connectivity index (χ1) is 9.61. The van der Waals surface area contributed by atoms with Gasteiger partial charge in [0.25, 0.3) is 0 Å². The molecular weight excluding hydrogens is 333 g/mol. The van der Waals surface area contributed by atoms with E-state index in [-0.39, 0.29) is 37.5 Å². The Kier molecular flexibility index (Phi) is 3.76. The number of benzene rings is 1. The molecule has 2 aliphatic rings. The molecule has 0 aromatic heterocycles. The summed E-state index contributed by atoms with van der Waals surface area (Å²) in [6, 6.07) is 4.37. The largest absolute Gasteiger partial charge is 0.464 e. The maximum Gasteiger partial charge on any atom is 0.326 e. The molecule has 0 spiro atoms. The number of carbonyl (C=O) groups excluding carboxylic acids is 1. The number of esters is 1. The number of nitrogens with zero attached hydrogens (tertiary/aromatic N) is 1. The zero-order chi connectivity index (χ0) is 14.3. The van der Waals surface area contributed by atoms with Crippen LogP contribution in [0.5, 0.6) is 0 Å². The van der Waals surface area contributed by atoms with Crippen molar-refractivity contribution >= 4 is 21.9 Å². The lowest BCUT2D eigenvalue weighted by Crippen LogP contribution is -2.35. The molecule has 108 valence electrons. The molecule has 3 rings (SSSR count). The highest BCUT2D eigenvalue weighted by Gasteiger charge is 2.52. The van der Waals surface area contributed by atoms with E-state index in [1.807, 2.05) is 0 Å². The van der Waals surface area contributed by atoms with Gasteiger partial charge in [0.1, 0.15) is 18.0 Å². The molecule has 0 saturated carbocycles. The summed E-state index contributed by atoms with van der Waals surface area (Å²) in [7, 11) is 0. The van der Waals surface area contributed by atoms with Crippen molar-refractivity contribution in [2.75, 3.05) is 13.2 Å². The van der Waals surface area contributed by atoms with Gasteiger partial charge < -0.3 is 9.84 Å². The summed E-state index contributed by atoms with van der Waals surface area (Å²) < 4.78 is 19.3. The SMILES string of the molecule is O=C1OCC2C1N(Cc1cccc(Br)c1F)O[C@H]2CO. The third-order valence-electron chi connectivity index (χ3n) is 3.66. The zero-order valence-corrected chi connectivity index (χ0v) is 12.0. The van der Waals surface area contributed by atoms with Crippen molar-refractivity contribution in [3.05, 3.63) is 34.1 Å². The van der Waals surface area contributed by atoms with E-state index in [0.29, 0.717) is 10.0 Å². The van der Waals surface area contributed by atoms with Gasteiger partial charge in [0.2, 0.25) is 0 Å². The Balaban J connectivity index is 1.83. The van der Waals surface area contributed by atoms with Gasteiger partial charge in [0.05, 0.1) is 30.1 Å². The highest BCUT2D eigenvalue weighted by atomic mass is 79.9. The van der Waals surface area contributed by atoms with Gasteiger partial charge in [0, 0.05) is 5.56 Å². The summed E-state index contributed by atoms with van der Waals surface area (Å²) in [6.07, 6.45) is -0.485. The predicted molar refractivity (Wildman–Crippen MR) is 69.8 cm³/mol. The van der Waals surface area contributed by atoms with Crippen molar-refractivity contribution in [3.8, 4) is 0 Å². The number of hydrogen-bond donors (Lipinski definition) is 1. The summed E-state index contributed by atoms with van der Waals surface area (Å²) in [4.78, 5) is 17.3. The van der Waals surface area contributed by atoms with Crippen molar-refractivity contribution in [1.29, 1.82) is 0 Å². The van der Waals surface area contributed by atoms with Crippen LogP contribution in [0.4, 0.5) is 4.39 Å². The van der Waals surface area contributed by atoms with Crippen LogP contribution in [0.25, 0.3) is 0 Å². The lowest BCUT2D eigenvalue weighted by atomic mass is 9.98.